The molecule has 0 spiro atoms. The van der Waals surface area contributed by atoms with E-state index in [0.29, 0.717) is 0 Å². The van der Waals surface area contributed by atoms with Crippen LogP contribution in [0.5, 0.6) is 0 Å². The predicted molar refractivity (Wildman–Crippen MR) is 50.3 cm³/mol. The third-order valence-corrected chi connectivity index (χ3v) is 2.49. The van der Waals surface area contributed by atoms with E-state index < -0.39 is 0 Å². The second-order valence-corrected chi connectivity index (χ2v) is 3.95. The summed E-state index contributed by atoms with van der Waals surface area (Å²) in [5, 5.41) is 0. The van der Waals surface area contributed by atoms with Gasteiger partial charge in [-0.3, -0.25) is 0 Å². The molecule has 0 aromatic rings. The minimum atomic E-state index is 0. The molecule has 0 bridgehead atoms. The third-order valence-electron chi connectivity index (χ3n) is 2.49. The normalized spacial score (nSPS) is 27.9. The Morgan fingerprint density at radius 2 is 1.33 bits per heavy atom. The van der Waals surface area contributed by atoms with Gasteiger partial charge in [-0.05, 0) is 0 Å². The van der Waals surface area contributed by atoms with Crippen molar-refractivity contribution in [2.75, 3.05) is 34.1 Å². The van der Waals surface area contributed by atoms with Crippen LogP contribution in [-0.4, -0.2) is 43.9 Å². The summed E-state index contributed by atoms with van der Waals surface area (Å²) in [6.07, 6.45) is 8.77. The fourth-order valence-electron chi connectivity index (χ4n) is 1.84. The smallest absolute Gasteiger partial charge is 0.215 e. The highest BCUT2D eigenvalue weighted by molar-refractivity contribution is 4.76. The highest BCUT2D eigenvalue weighted by Gasteiger charge is 2.21. The molecule has 2 rings (SSSR count). The van der Waals surface area contributed by atoms with Gasteiger partial charge in [0.25, 0.3) is 0 Å². The largest absolute Gasteiger partial charge is 1.00 e. The lowest BCUT2D eigenvalue weighted by molar-refractivity contribution is -1.04. The molecule has 0 aliphatic carbocycles. The summed E-state index contributed by atoms with van der Waals surface area (Å²) >= 11 is 0. The van der Waals surface area contributed by atoms with Crippen LogP contribution in [0.2, 0.25) is 0 Å². The van der Waals surface area contributed by atoms with Crippen molar-refractivity contribution >= 4 is 0 Å². The minimum absolute atomic E-state index is 0. The van der Waals surface area contributed by atoms with Gasteiger partial charge in [0.05, 0.1) is 12.4 Å². The van der Waals surface area contributed by atoms with E-state index in [9.17, 15) is 0 Å². The maximum absolute atomic E-state index is 2.24. The second-order valence-electron chi connectivity index (χ2n) is 3.95. The van der Waals surface area contributed by atoms with Crippen LogP contribution >= 0.6 is 0 Å². The van der Waals surface area contributed by atoms with Crippen LogP contribution in [0.25, 0.3) is 0 Å². The number of nitrogens with zero attached hydrogens (tertiary/aromatic N) is 2. The molecule has 15 heavy (non-hydrogen) atoms. The quantitative estimate of drug-likeness (QED) is 0.419. The van der Waals surface area contributed by atoms with Gasteiger partial charge in [0.15, 0.2) is 13.3 Å². The Hall–Kier alpha value is 0.460. The molecule has 2 heterocycles. The Morgan fingerprint density at radius 3 is 1.60 bits per heavy atom. The van der Waals surface area contributed by atoms with Crippen LogP contribution in [0, 0.1) is 0 Å². The lowest BCUT2D eigenvalue weighted by Crippen LogP contribution is -3.27. The van der Waals surface area contributed by atoms with Crippen molar-refractivity contribution in [2.45, 2.75) is 0 Å². The average molecular weight is 436 g/mol. The van der Waals surface area contributed by atoms with E-state index in [4.69, 9.17) is 0 Å². The van der Waals surface area contributed by atoms with Crippen molar-refractivity contribution in [3.05, 3.63) is 24.8 Å². The highest BCUT2D eigenvalue weighted by atomic mass is 127. The fraction of sp³-hybridized carbons (Fsp3) is 0.556. The zero-order chi connectivity index (χ0) is 9.26. The molecule has 2 aliphatic heterocycles. The Bertz CT molecular complexity index is 220. The van der Waals surface area contributed by atoms with Crippen molar-refractivity contribution in [2.24, 2.45) is 0 Å². The van der Waals surface area contributed by atoms with Crippen LogP contribution in [0.15, 0.2) is 24.8 Å². The Balaban J connectivity index is 0.000000980. The Labute approximate surface area is 126 Å². The van der Waals surface area contributed by atoms with Crippen LogP contribution < -0.4 is 57.8 Å². The summed E-state index contributed by atoms with van der Waals surface area (Å²) in [4.78, 5) is 7.49. The maximum Gasteiger partial charge on any atom is 0.215 e. The SMILES string of the molecule is CN1C=C[NH+](C[NH+]2C=CN(C)C2)C1.[I-].[I-]. The van der Waals surface area contributed by atoms with E-state index in [2.05, 4.69) is 48.7 Å². The molecule has 0 amide bonds. The summed E-state index contributed by atoms with van der Waals surface area (Å²) in [6.45, 7) is 3.34. The topological polar surface area (TPSA) is 15.4 Å². The summed E-state index contributed by atoms with van der Waals surface area (Å²) < 4.78 is 0. The van der Waals surface area contributed by atoms with E-state index >= 15 is 0 Å². The van der Waals surface area contributed by atoms with Crippen molar-refractivity contribution in [3.63, 3.8) is 0 Å². The van der Waals surface area contributed by atoms with Gasteiger partial charge in [-0.25, -0.2) is 9.80 Å². The summed E-state index contributed by atoms with van der Waals surface area (Å²) in [6, 6.07) is 0. The molecule has 2 atom stereocenters. The number of hydrogen-bond donors (Lipinski definition) is 2. The van der Waals surface area contributed by atoms with E-state index in [0.717, 1.165) is 20.0 Å². The van der Waals surface area contributed by atoms with Crippen molar-refractivity contribution in [3.8, 4) is 0 Å². The first-order valence-electron chi connectivity index (χ1n) is 4.70. The highest BCUT2D eigenvalue weighted by Crippen LogP contribution is 1.83. The molecule has 0 saturated heterocycles. The molecular weight excluding hydrogens is 418 g/mol. The first-order chi connectivity index (χ1) is 6.24. The molecule has 0 radical (unpaired) electrons. The summed E-state index contributed by atoms with van der Waals surface area (Å²) in [5.74, 6) is 0. The minimum Gasteiger partial charge on any atom is -1.00 e. The monoisotopic (exact) mass is 436 g/mol. The fourth-order valence-corrected chi connectivity index (χ4v) is 1.84. The van der Waals surface area contributed by atoms with E-state index in [1.807, 2.05) is 0 Å². The molecule has 2 unspecified atom stereocenters. The van der Waals surface area contributed by atoms with Crippen molar-refractivity contribution < 1.29 is 57.8 Å². The molecule has 0 saturated carbocycles. The number of rotatable bonds is 2. The van der Waals surface area contributed by atoms with Crippen LogP contribution in [-0.2, 0) is 0 Å². The molecule has 2 aliphatic rings. The van der Waals surface area contributed by atoms with Gasteiger partial charge in [0, 0.05) is 14.1 Å². The molecule has 4 nitrogen and oxygen atoms in total. The van der Waals surface area contributed by atoms with Gasteiger partial charge in [0.2, 0.25) is 6.67 Å². The number of nitrogens with one attached hydrogen (secondary N) is 2. The van der Waals surface area contributed by atoms with Crippen LogP contribution in [0.3, 0.4) is 0 Å². The first-order valence-corrected chi connectivity index (χ1v) is 4.70. The van der Waals surface area contributed by atoms with Gasteiger partial charge >= 0.3 is 0 Å². The lowest BCUT2D eigenvalue weighted by atomic mass is 10.7. The average Bonchev–Trinajstić information content (AvgIpc) is 2.62. The van der Waals surface area contributed by atoms with Gasteiger partial charge in [-0.15, -0.1) is 0 Å². The Morgan fingerprint density at radius 1 is 0.933 bits per heavy atom. The molecule has 88 valence electrons. The maximum atomic E-state index is 2.24. The van der Waals surface area contributed by atoms with Crippen molar-refractivity contribution in [1.82, 2.24) is 9.80 Å². The van der Waals surface area contributed by atoms with Gasteiger partial charge in [-0.2, -0.15) is 0 Å². The Kier molecular flexibility index (Phi) is 7.13. The molecule has 6 heteroatoms. The number of quaternary nitrogens is 2. The van der Waals surface area contributed by atoms with Crippen LogP contribution in [0.1, 0.15) is 0 Å². The summed E-state index contributed by atoms with van der Waals surface area (Å²) in [7, 11) is 4.23. The molecule has 2 N–H and O–H groups in total. The molecule has 0 aromatic carbocycles. The van der Waals surface area contributed by atoms with Gasteiger partial charge in [0.1, 0.15) is 12.4 Å². The van der Waals surface area contributed by atoms with Gasteiger partial charge < -0.3 is 57.8 Å². The lowest BCUT2D eigenvalue weighted by Gasteiger charge is -2.17. The molecule has 0 fully saturated rings. The van der Waals surface area contributed by atoms with Crippen molar-refractivity contribution in [1.29, 1.82) is 0 Å². The second kappa shape index (κ2) is 6.92. The van der Waals surface area contributed by atoms with E-state index in [-0.39, 0.29) is 48.0 Å². The zero-order valence-corrected chi connectivity index (χ0v) is 13.4. The first kappa shape index (κ1) is 15.5. The van der Waals surface area contributed by atoms with Gasteiger partial charge in [-0.1, -0.05) is 0 Å². The summed E-state index contributed by atoms with van der Waals surface area (Å²) in [5.41, 5.74) is 0. The zero-order valence-electron chi connectivity index (χ0n) is 9.08. The predicted octanol–water partition coefficient (Wildman–Crippen LogP) is -8.53. The number of halogens is 2. The standard InChI is InChI=1S/C9H16N4.2HI/c1-10-3-5-12(7-10)9-13-6-4-11(2)8-13;;/h3-6H,7-9H2,1-2H3;2*1H. The number of hydrogen-bond acceptors (Lipinski definition) is 2. The van der Waals surface area contributed by atoms with E-state index in [1.54, 1.807) is 0 Å². The van der Waals surface area contributed by atoms with Crippen LogP contribution in [0.4, 0.5) is 0 Å². The third kappa shape index (κ3) is 4.45. The molecular formula is C9H18I2N4. The van der Waals surface area contributed by atoms with E-state index in [1.165, 1.54) is 9.80 Å². The molecule has 0 aromatic heterocycles.